The zero-order chi connectivity index (χ0) is 17.6. The van der Waals surface area contributed by atoms with Crippen LogP contribution in [0.25, 0.3) is 0 Å². The molecule has 2 fully saturated rings. The van der Waals surface area contributed by atoms with Crippen LogP contribution in [0.4, 0.5) is 4.79 Å². The van der Waals surface area contributed by atoms with E-state index in [1.54, 1.807) is 4.90 Å². The molecule has 2 N–H and O–H groups in total. The Morgan fingerprint density at radius 2 is 1.84 bits per heavy atom. The number of benzene rings is 1. The van der Waals surface area contributed by atoms with E-state index < -0.39 is 18.0 Å². The average molecular weight is 346 g/mol. The average Bonchev–Trinajstić information content (AvgIpc) is 2.93. The Balaban J connectivity index is 1.36. The third kappa shape index (κ3) is 4.69. The molecular formula is C17H22N4O4. The fourth-order valence-corrected chi connectivity index (χ4v) is 2.94. The molecule has 3 rings (SSSR count). The molecule has 0 saturated carbocycles. The number of para-hydroxylation sites is 1. The van der Waals surface area contributed by atoms with Crippen molar-refractivity contribution < 1.29 is 19.1 Å². The van der Waals surface area contributed by atoms with E-state index in [9.17, 15) is 14.4 Å². The van der Waals surface area contributed by atoms with Crippen molar-refractivity contribution in [3.63, 3.8) is 0 Å². The molecule has 0 aliphatic carbocycles. The lowest BCUT2D eigenvalue weighted by atomic mass is 10.1. The van der Waals surface area contributed by atoms with Crippen LogP contribution >= 0.6 is 0 Å². The summed E-state index contributed by atoms with van der Waals surface area (Å²) in [5.41, 5.74) is 0. The van der Waals surface area contributed by atoms with Gasteiger partial charge in [0, 0.05) is 32.7 Å². The third-order valence-electron chi connectivity index (χ3n) is 4.38. The van der Waals surface area contributed by atoms with E-state index in [1.807, 2.05) is 30.3 Å². The molecule has 0 spiro atoms. The predicted molar refractivity (Wildman–Crippen MR) is 90.0 cm³/mol. The van der Waals surface area contributed by atoms with Crippen molar-refractivity contribution in [3.05, 3.63) is 30.3 Å². The number of hydrogen-bond donors (Lipinski definition) is 2. The summed E-state index contributed by atoms with van der Waals surface area (Å²) in [7, 11) is 0. The minimum absolute atomic E-state index is 0.00862. The van der Waals surface area contributed by atoms with Crippen LogP contribution in [0.5, 0.6) is 5.75 Å². The van der Waals surface area contributed by atoms with Gasteiger partial charge in [-0.1, -0.05) is 18.2 Å². The van der Waals surface area contributed by atoms with Crippen LogP contribution in [-0.4, -0.2) is 73.0 Å². The Morgan fingerprint density at radius 1 is 1.12 bits per heavy atom. The van der Waals surface area contributed by atoms with Gasteiger partial charge in [0.15, 0.2) is 0 Å². The minimum Gasteiger partial charge on any atom is -0.492 e. The van der Waals surface area contributed by atoms with Crippen LogP contribution in [0.15, 0.2) is 30.3 Å². The maximum Gasteiger partial charge on any atom is 0.322 e. The topological polar surface area (TPSA) is 91.0 Å². The molecule has 1 aromatic carbocycles. The fourth-order valence-electron chi connectivity index (χ4n) is 2.94. The molecule has 8 heteroatoms. The summed E-state index contributed by atoms with van der Waals surface area (Å²) >= 11 is 0. The summed E-state index contributed by atoms with van der Waals surface area (Å²) in [6.45, 7) is 4.18. The van der Waals surface area contributed by atoms with E-state index >= 15 is 0 Å². The number of carbonyl (C=O) groups excluding carboxylic acids is 3. The normalized spacial score (nSPS) is 21.0. The number of urea groups is 1. The first-order valence-electron chi connectivity index (χ1n) is 8.41. The number of amides is 4. The summed E-state index contributed by atoms with van der Waals surface area (Å²) in [4.78, 5) is 38.8. The van der Waals surface area contributed by atoms with E-state index in [4.69, 9.17) is 4.74 Å². The molecule has 0 unspecified atom stereocenters. The summed E-state index contributed by atoms with van der Waals surface area (Å²) in [5, 5.41) is 4.59. The van der Waals surface area contributed by atoms with E-state index in [0.29, 0.717) is 19.7 Å². The first kappa shape index (κ1) is 17.2. The monoisotopic (exact) mass is 346 g/mol. The highest BCUT2D eigenvalue weighted by Crippen LogP contribution is 2.10. The number of carbonyl (C=O) groups is 3. The van der Waals surface area contributed by atoms with Gasteiger partial charge in [-0.25, -0.2) is 4.79 Å². The van der Waals surface area contributed by atoms with Crippen molar-refractivity contribution in [3.8, 4) is 5.75 Å². The van der Waals surface area contributed by atoms with Crippen molar-refractivity contribution in [1.29, 1.82) is 0 Å². The Morgan fingerprint density at radius 3 is 2.48 bits per heavy atom. The van der Waals surface area contributed by atoms with E-state index in [2.05, 4.69) is 15.5 Å². The van der Waals surface area contributed by atoms with Crippen molar-refractivity contribution in [2.75, 3.05) is 39.3 Å². The van der Waals surface area contributed by atoms with Crippen molar-refractivity contribution in [2.45, 2.75) is 12.5 Å². The third-order valence-corrected chi connectivity index (χ3v) is 4.38. The zero-order valence-electron chi connectivity index (χ0n) is 13.9. The van der Waals surface area contributed by atoms with Crippen LogP contribution in [0, 0.1) is 0 Å². The number of hydrogen-bond acceptors (Lipinski definition) is 5. The molecular weight excluding hydrogens is 324 g/mol. The number of imide groups is 1. The minimum atomic E-state index is -0.752. The Kier molecular flexibility index (Phi) is 5.49. The molecule has 0 bridgehead atoms. The van der Waals surface area contributed by atoms with Crippen molar-refractivity contribution in [1.82, 2.24) is 20.4 Å². The van der Waals surface area contributed by atoms with Gasteiger partial charge >= 0.3 is 6.03 Å². The van der Waals surface area contributed by atoms with E-state index in [1.165, 1.54) is 0 Å². The fraction of sp³-hybridized carbons (Fsp3) is 0.471. The van der Waals surface area contributed by atoms with Crippen LogP contribution in [-0.2, 0) is 9.59 Å². The molecule has 0 aromatic heterocycles. The van der Waals surface area contributed by atoms with Gasteiger partial charge < -0.3 is 15.0 Å². The first-order valence-corrected chi connectivity index (χ1v) is 8.41. The zero-order valence-corrected chi connectivity index (χ0v) is 13.9. The maximum atomic E-state index is 12.3. The molecule has 25 heavy (non-hydrogen) atoms. The van der Waals surface area contributed by atoms with Gasteiger partial charge in [0.1, 0.15) is 18.4 Å². The molecule has 2 aliphatic rings. The Bertz CT molecular complexity index is 629. The van der Waals surface area contributed by atoms with Gasteiger partial charge in [-0.05, 0) is 12.1 Å². The predicted octanol–water partition coefficient (Wildman–Crippen LogP) is -0.192. The van der Waals surface area contributed by atoms with Crippen molar-refractivity contribution in [2.24, 2.45) is 0 Å². The molecule has 4 amide bonds. The molecule has 134 valence electrons. The Hall–Kier alpha value is -2.61. The molecule has 1 atom stereocenters. The smallest absolute Gasteiger partial charge is 0.322 e. The highest BCUT2D eigenvalue weighted by atomic mass is 16.5. The second-order valence-electron chi connectivity index (χ2n) is 6.10. The lowest BCUT2D eigenvalue weighted by molar-refractivity contribution is -0.135. The first-order chi connectivity index (χ1) is 12.1. The van der Waals surface area contributed by atoms with E-state index in [-0.39, 0.29) is 12.3 Å². The number of piperazine rings is 1. The quantitative estimate of drug-likeness (QED) is 0.697. The van der Waals surface area contributed by atoms with Gasteiger partial charge in [-0.15, -0.1) is 0 Å². The highest BCUT2D eigenvalue weighted by molar-refractivity contribution is 6.05. The Labute approximate surface area is 146 Å². The second-order valence-corrected chi connectivity index (χ2v) is 6.10. The largest absolute Gasteiger partial charge is 0.492 e. The molecule has 1 aromatic rings. The standard InChI is InChI=1S/C17H22N4O4/c22-15(12-14-16(23)19-17(24)18-14)21-8-6-20(7-9-21)10-11-25-13-4-2-1-3-5-13/h1-5,14H,6-12H2,(H2,18,19,23,24)/t14-/m0/s1. The summed E-state index contributed by atoms with van der Waals surface area (Å²) in [6.07, 6.45) is 0.00862. The van der Waals surface area contributed by atoms with Gasteiger partial charge in [0.25, 0.3) is 5.91 Å². The van der Waals surface area contributed by atoms with Crippen LogP contribution in [0.2, 0.25) is 0 Å². The van der Waals surface area contributed by atoms with Gasteiger partial charge in [0.05, 0.1) is 6.42 Å². The second kappa shape index (κ2) is 7.98. The number of nitrogens with zero attached hydrogens (tertiary/aromatic N) is 2. The number of nitrogens with one attached hydrogen (secondary N) is 2. The van der Waals surface area contributed by atoms with Gasteiger partial charge in [0.2, 0.25) is 5.91 Å². The highest BCUT2D eigenvalue weighted by Gasteiger charge is 2.33. The van der Waals surface area contributed by atoms with Gasteiger partial charge in [-0.3, -0.25) is 19.8 Å². The van der Waals surface area contributed by atoms with Crippen LogP contribution < -0.4 is 15.4 Å². The summed E-state index contributed by atoms with van der Waals surface area (Å²) < 4.78 is 5.69. The van der Waals surface area contributed by atoms with Gasteiger partial charge in [-0.2, -0.15) is 0 Å². The van der Waals surface area contributed by atoms with Crippen LogP contribution in [0.3, 0.4) is 0 Å². The molecule has 8 nitrogen and oxygen atoms in total. The lowest BCUT2D eigenvalue weighted by Crippen LogP contribution is -2.50. The SMILES string of the molecule is O=C1NC(=O)[C@H](CC(=O)N2CCN(CCOc3ccccc3)CC2)N1. The number of rotatable bonds is 6. The molecule has 2 saturated heterocycles. The summed E-state index contributed by atoms with van der Waals surface area (Å²) in [5.74, 6) is 0.311. The van der Waals surface area contributed by atoms with Crippen LogP contribution in [0.1, 0.15) is 6.42 Å². The summed E-state index contributed by atoms with van der Waals surface area (Å²) in [6, 6.07) is 8.38. The maximum absolute atomic E-state index is 12.3. The molecule has 2 aliphatic heterocycles. The van der Waals surface area contributed by atoms with E-state index in [0.717, 1.165) is 25.4 Å². The molecule has 2 heterocycles. The molecule has 0 radical (unpaired) electrons. The number of ether oxygens (including phenoxy) is 1. The van der Waals surface area contributed by atoms with Crippen molar-refractivity contribution >= 4 is 17.8 Å². The lowest BCUT2D eigenvalue weighted by Gasteiger charge is -2.35.